The minimum Gasteiger partial charge on any atom is -0.496 e. The smallest absolute Gasteiger partial charge is 0.337 e. The van der Waals surface area contributed by atoms with Crippen molar-refractivity contribution in [2.75, 3.05) is 38.8 Å². The van der Waals surface area contributed by atoms with E-state index in [0.717, 1.165) is 54.9 Å². The topological polar surface area (TPSA) is 59.1 Å². The van der Waals surface area contributed by atoms with Gasteiger partial charge in [-0.2, -0.15) is 0 Å². The fourth-order valence-corrected chi connectivity index (χ4v) is 5.02. The van der Waals surface area contributed by atoms with E-state index in [2.05, 4.69) is 33.0 Å². The first-order valence-corrected chi connectivity index (χ1v) is 11.3. The van der Waals surface area contributed by atoms with Crippen LogP contribution in [-0.2, 0) is 16.1 Å². The molecular weight excluding hydrogens is 460 g/mol. The molecule has 0 radical (unpaired) electrons. The number of piperidine rings is 1. The van der Waals surface area contributed by atoms with Gasteiger partial charge in [0.1, 0.15) is 5.75 Å². The van der Waals surface area contributed by atoms with Crippen molar-refractivity contribution in [3.8, 4) is 5.75 Å². The lowest BCUT2D eigenvalue weighted by atomic mass is 9.77. The van der Waals surface area contributed by atoms with E-state index in [0.29, 0.717) is 12.0 Å². The molecule has 0 aliphatic carbocycles. The number of carbonyl (C=O) groups is 2. The summed E-state index contributed by atoms with van der Waals surface area (Å²) >= 11 is 3.50. The van der Waals surface area contributed by atoms with Gasteiger partial charge in [-0.15, -0.1) is 0 Å². The van der Waals surface area contributed by atoms with Gasteiger partial charge in [0.05, 0.1) is 24.3 Å². The zero-order valence-corrected chi connectivity index (χ0v) is 19.5. The molecule has 4 rings (SSSR count). The predicted octanol–water partition coefficient (Wildman–Crippen LogP) is 4.26. The van der Waals surface area contributed by atoms with Crippen LogP contribution in [0, 0.1) is 5.41 Å². The summed E-state index contributed by atoms with van der Waals surface area (Å²) < 4.78 is 11.1. The molecule has 0 unspecified atom stereocenters. The maximum Gasteiger partial charge on any atom is 0.337 e. The molecule has 2 aliphatic rings. The lowest BCUT2D eigenvalue weighted by Crippen LogP contribution is -2.41. The number of nitrogens with zero attached hydrogens (tertiary/aromatic N) is 2. The number of halogens is 1. The summed E-state index contributed by atoms with van der Waals surface area (Å²) in [6.45, 7) is 3.57. The molecule has 0 saturated carbocycles. The van der Waals surface area contributed by atoms with Crippen LogP contribution >= 0.6 is 15.9 Å². The SMILES string of the molecule is COC(=O)c1ccc(N2CC3(CCN(Cc4ccc(Br)c(OC)c4)CC3)CC2=O)cc1. The zero-order valence-electron chi connectivity index (χ0n) is 17.9. The molecule has 0 N–H and O–H groups in total. The van der Waals surface area contributed by atoms with Crippen LogP contribution in [0.2, 0.25) is 0 Å². The molecule has 1 spiro atoms. The molecule has 2 fully saturated rings. The number of carbonyl (C=O) groups excluding carboxylic acids is 2. The Morgan fingerprint density at radius 2 is 1.81 bits per heavy atom. The van der Waals surface area contributed by atoms with Crippen LogP contribution in [0.1, 0.15) is 35.2 Å². The highest BCUT2D eigenvalue weighted by atomic mass is 79.9. The molecule has 0 atom stereocenters. The van der Waals surface area contributed by atoms with Crippen molar-refractivity contribution < 1.29 is 19.1 Å². The lowest BCUT2D eigenvalue weighted by Gasteiger charge is -2.38. The number of methoxy groups -OCH3 is 2. The van der Waals surface area contributed by atoms with Gasteiger partial charge in [0.2, 0.25) is 5.91 Å². The molecular formula is C24H27BrN2O4. The molecule has 6 nitrogen and oxygen atoms in total. The highest BCUT2D eigenvalue weighted by Crippen LogP contribution is 2.43. The predicted molar refractivity (Wildman–Crippen MR) is 122 cm³/mol. The monoisotopic (exact) mass is 486 g/mol. The summed E-state index contributed by atoms with van der Waals surface area (Å²) in [5, 5.41) is 0. The fraction of sp³-hybridized carbons (Fsp3) is 0.417. The summed E-state index contributed by atoms with van der Waals surface area (Å²) in [6.07, 6.45) is 2.60. The van der Waals surface area contributed by atoms with Gasteiger partial charge in [0, 0.05) is 25.2 Å². The fourth-order valence-electron chi connectivity index (χ4n) is 4.61. The Morgan fingerprint density at radius 3 is 2.45 bits per heavy atom. The largest absolute Gasteiger partial charge is 0.496 e. The van der Waals surface area contributed by atoms with Crippen molar-refractivity contribution in [3.63, 3.8) is 0 Å². The molecule has 2 aromatic rings. The molecule has 2 saturated heterocycles. The lowest BCUT2D eigenvalue weighted by molar-refractivity contribution is -0.118. The third-order valence-corrected chi connectivity index (χ3v) is 7.11. The van der Waals surface area contributed by atoms with Gasteiger partial charge < -0.3 is 14.4 Å². The zero-order chi connectivity index (χ0) is 22.0. The standard InChI is InChI=1S/C24H27BrN2O4/c1-30-21-13-17(3-8-20(21)25)15-26-11-9-24(10-12-26)14-22(28)27(16-24)19-6-4-18(5-7-19)23(29)31-2/h3-8,13H,9-12,14-16H2,1-2H3. The van der Waals surface area contributed by atoms with Crippen LogP contribution in [0.25, 0.3) is 0 Å². The Balaban J connectivity index is 1.38. The molecule has 7 heteroatoms. The number of esters is 1. The second kappa shape index (κ2) is 9.01. The molecule has 2 heterocycles. The number of amides is 1. The Kier molecular flexibility index (Phi) is 6.34. The Bertz CT molecular complexity index is 968. The van der Waals surface area contributed by atoms with E-state index in [4.69, 9.17) is 9.47 Å². The van der Waals surface area contributed by atoms with Crippen molar-refractivity contribution in [2.45, 2.75) is 25.8 Å². The Morgan fingerprint density at radius 1 is 1.10 bits per heavy atom. The number of likely N-dealkylation sites (tertiary alicyclic amines) is 1. The Labute approximate surface area is 191 Å². The summed E-state index contributed by atoms with van der Waals surface area (Å²) in [4.78, 5) is 28.8. The third-order valence-electron chi connectivity index (χ3n) is 6.46. The van der Waals surface area contributed by atoms with Gasteiger partial charge in [0.15, 0.2) is 0 Å². The molecule has 164 valence electrons. The first kappa shape index (κ1) is 21.8. The maximum absolute atomic E-state index is 12.8. The van der Waals surface area contributed by atoms with Crippen molar-refractivity contribution in [1.29, 1.82) is 0 Å². The van der Waals surface area contributed by atoms with Gasteiger partial charge in [-0.05, 0) is 89.2 Å². The maximum atomic E-state index is 12.8. The molecule has 1 amide bonds. The van der Waals surface area contributed by atoms with Gasteiger partial charge >= 0.3 is 5.97 Å². The average molecular weight is 487 g/mol. The van der Waals surface area contributed by atoms with E-state index < -0.39 is 0 Å². The minimum atomic E-state index is -0.369. The van der Waals surface area contributed by atoms with Crippen molar-refractivity contribution in [2.24, 2.45) is 5.41 Å². The van der Waals surface area contributed by atoms with Crippen molar-refractivity contribution in [3.05, 3.63) is 58.1 Å². The highest BCUT2D eigenvalue weighted by Gasteiger charge is 2.45. The summed E-state index contributed by atoms with van der Waals surface area (Å²) in [6, 6.07) is 13.3. The van der Waals surface area contributed by atoms with E-state index in [1.165, 1.54) is 12.7 Å². The van der Waals surface area contributed by atoms with Crippen LogP contribution in [-0.4, -0.2) is 50.6 Å². The molecule has 2 aliphatic heterocycles. The van der Waals surface area contributed by atoms with E-state index >= 15 is 0 Å². The average Bonchev–Trinajstić information content (AvgIpc) is 3.12. The van der Waals surface area contributed by atoms with E-state index in [-0.39, 0.29) is 17.3 Å². The summed E-state index contributed by atoms with van der Waals surface area (Å²) in [5.41, 5.74) is 2.60. The normalized spacial score (nSPS) is 18.4. The van der Waals surface area contributed by atoms with Gasteiger partial charge in [0.25, 0.3) is 0 Å². The number of hydrogen-bond acceptors (Lipinski definition) is 5. The molecule has 2 aromatic carbocycles. The minimum absolute atomic E-state index is 0.0337. The van der Waals surface area contributed by atoms with Crippen LogP contribution in [0.5, 0.6) is 5.75 Å². The molecule has 31 heavy (non-hydrogen) atoms. The second-order valence-corrected chi connectivity index (χ2v) is 9.29. The van der Waals surface area contributed by atoms with Crippen LogP contribution < -0.4 is 9.64 Å². The van der Waals surface area contributed by atoms with E-state index in [1.807, 2.05) is 23.1 Å². The van der Waals surface area contributed by atoms with Crippen LogP contribution in [0.4, 0.5) is 5.69 Å². The van der Waals surface area contributed by atoms with E-state index in [1.54, 1.807) is 19.2 Å². The molecule has 0 aromatic heterocycles. The van der Waals surface area contributed by atoms with Crippen molar-refractivity contribution in [1.82, 2.24) is 4.90 Å². The second-order valence-electron chi connectivity index (χ2n) is 8.44. The third kappa shape index (κ3) is 4.62. The Hall–Kier alpha value is -2.38. The first-order valence-electron chi connectivity index (χ1n) is 10.5. The number of ether oxygens (including phenoxy) is 2. The number of rotatable bonds is 5. The number of benzene rings is 2. The first-order chi connectivity index (χ1) is 14.9. The number of anilines is 1. The van der Waals surface area contributed by atoms with Gasteiger partial charge in [-0.25, -0.2) is 4.79 Å². The quantitative estimate of drug-likeness (QED) is 0.590. The summed E-state index contributed by atoms with van der Waals surface area (Å²) in [5.74, 6) is 0.643. The number of hydrogen-bond donors (Lipinski definition) is 0. The van der Waals surface area contributed by atoms with Crippen LogP contribution in [0.15, 0.2) is 46.9 Å². The highest BCUT2D eigenvalue weighted by molar-refractivity contribution is 9.10. The van der Waals surface area contributed by atoms with Crippen LogP contribution in [0.3, 0.4) is 0 Å². The van der Waals surface area contributed by atoms with Gasteiger partial charge in [-0.3, -0.25) is 9.69 Å². The van der Waals surface area contributed by atoms with Gasteiger partial charge in [-0.1, -0.05) is 6.07 Å². The molecule has 0 bridgehead atoms. The van der Waals surface area contributed by atoms with E-state index in [9.17, 15) is 9.59 Å². The van der Waals surface area contributed by atoms with Crippen molar-refractivity contribution >= 4 is 33.5 Å². The summed E-state index contributed by atoms with van der Waals surface area (Å²) in [7, 11) is 3.05.